The Bertz CT molecular complexity index is 919. The number of amides is 1. The van der Waals surface area contributed by atoms with Gasteiger partial charge in [0.1, 0.15) is 12.4 Å². The number of ether oxygens (including phenoxy) is 1. The lowest BCUT2D eigenvalue weighted by atomic mass is 10.2. The average Bonchev–Trinajstić information content (AvgIpc) is 2.94. The van der Waals surface area contributed by atoms with Crippen molar-refractivity contribution in [2.45, 2.75) is 6.61 Å². The van der Waals surface area contributed by atoms with Gasteiger partial charge in [0.2, 0.25) is 0 Å². The molecule has 2 N–H and O–H groups in total. The number of hydrogen-bond donors (Lipinski definition) is 1. The van der Waals surface area contributed by atoms with Gasteiger partial charge in [-0.25, -0.2) is 4.98 Å². The second kappa shape index (κ2) is 5.78. The second-order valence-corrected chi connectivity index (χ2v) is 5.74. The van der Waals surface area contributed by atoms with Crippen LogP contribution in [-0.2, 0) is 6.61 Å². The first-order chi connectivity index (χ1) is 10.5. The summed E-state index contributed by atoms with van der Waals surface area (Å²) >= 11 is 7.19. The molecule has 6 nitrogen and oxygen atoms in total. The zero-order chi connectivity index (χ0) is 15.7. The highest BCUT2D eigenvalue weighted by Gasteiger charge is 2.11. The van der Waals surface area contributed by atoms with E-state index in [1.54, 1.807) is 23.7 Å². The van der Waals surface area contributed by atoms with Crippen LogP contribution in [0.3, 0.4) is 0 Å². The maximum atomic E-state index is 11.9. The minimum Gasteiger partial charge on any atom is -0.486 e. The van der Waals surface area contributed by atoms with Crippen molar-refractivity contribution in [3.8, 4) is 5.75 Å². The largest absolute Gasteiger partial charge is 0.486 e. The number of benzene rings is 1. The molecule has 8 heteroatoms. The summed E-state index contributed by atoms with van der Waals surface area (Å²) in [5.41, 5.74) is 5.76. The van der Waals surface area contributed by atoms with Crippen molar-refractivity contribution in [3.63, 3.8) is 0 Å². The highest BCUT2D eigenvalue weighted by molar-refractivity contribution is 7.15. The lowest BCUT2D eigenvalue weighted by Gasteiger charge is -2.09. The van der Waals surface area contributed by atoms with Gasteiger partial charge in [0.05, 0.1) is 11.3 Å². The third kappa shape index (κ3) is 2.81. The highest BCUT2D eigenvalue weighted by Crippen LogP contribution is 2.23. The van der Waals surface area contributed by atoms with Crippen molar-refractivity contribution in [3.05, 3.63) is 62.5 Å². The standard InChI is InChI=1S/C14H10ClN3O3S/c15-8-1-2-11(10(5-8)13(16)20)21-7-9-6-12(19)18-3-4-22-14(18)17-9/h1-6H,7H2,(H2,16,20). The molecule has 22 heavy (non-hydrogen) atoms. The molecule has 2 aromatic heterocycles. The molecule has 0 saturated carbocycles. The molecule has 0 unspecified atom stereocenters. The minimum absolute atomic E-state index is 0.0472. The number of thiazole rings is 1. The van der Waals surface area contributed by atoms with Crippen molar-refractivity contribution < 1.29 is 9.53 Å². The summed E-state index contributed by atoms with van der Waals surface area (Å²) in [5, 5.41) is 2.16. The molecule has 0 aliphatic carbocycles. The van der Waals surface area contributed by atoms with E-state index in [2.05, 4.69) is 4.98 Å². The summed E-state index contributed by atoms with van der Waals surface area (Å²) in [4.78, 5) is 28.2. The van der Waals surface area contributed by atoms with Crippen LogP contribution in [0.4, 0.5) is 0 Å². The van der Waals surface area contributed by atoms with E-state index in [0.29, 0.717) is 21.4 Å². The Hall–Kier alpha value is -2.38. The summed E-state index contributed by atoms with van der Waals surface area (Å²) < 4.78 is 7.00. The van der Waals surface area contributed by atoms with Crippen molar-refractivity contribution in [2.24, 2.45) is 5.73 Å². The van der Waals surface area contributed by atoms with Crippen LogP contribution in [0.2, 0.25) is 5.02 Å². The lowest BCUT2D eigenvalue weighted by Crippen LogP contribution is -2.15. The second-order valence-electron chi connectivity index (χ2n) is 4.43. The monoisotopic (exact) mass is 335 g/mol. The Labute approximate surface area is 133 Å². The Morgan fingerprint density at radius 1 is 1.41 bits per heavy atom. The predicted molar refractivity (Wildman–Crippen MR) is 83.6 cm³/mol. The van der Waals surface area contributed by atoms with Crippen LogP contribution in [0.15, 0.2) is 40.6 Å². The third-order valence-corrected chi connectivity index (χ3v) is 3.93. The van der Waals surface area contributed by atoms with E-state index < -0.39 is 5.91 Å². The zero-order valence-electron chi connectivity index (χ0n) is 11.2. The molecule has 0 spiro atoms. The Balaban J connectivity index is 1.88. The maximum Gasteiger partial charge on any atom is 0.258 e. The molecule has 0 saturated heterocycles. The average molecular weight is 336 g/mol. The zero-order valence-corrected chi connectivity index (χ0v) is 12.7. The Kier molecular flexibility index (Phi) is 3.82. The fourth-order valence-electron chi connectivity index (χ4n) is 1.93. The van der Waals surface area contributed by atoms with Crippen LogP contribution < -0.4 is 16.0 Å². The predicted octanol–water partition coefficient (Wildman–Crippen LogP) is 2.09. The topological polar surface area (TPSA) is 86.7 Å². The normalized spacial score (nSPS) is 10.8. The van der Waals surface area contributed by atoms with E-state index in [1.165, 1.54) is 27.9 Å². The van der Waals surface area contributed by atoms with Gasteiger partial charge in [0.25, 0.3) is 11.5 Å². The molecule has 2 heterocycles. The summed E-state index contributed by atoms with van der Waals surface area (Å²) in [6.45, 7) is 0.0472. The molecular formula is C14H10ClN3O3S. The number of nitrogens with two attached hydrogens (primary N) is 1. The van der Waals surface area contributed by atoms with Crippen LogP contribution in [0.5, 0.6) is 5.75 Å². The summed E-state index contributed by atoms with van der Waals surface area (Å²) in [7, 11) is 0. The van der Waals surface area contributed by atoms with E-state index in [4.69, 9.17) is 22.1 Å². The van der Waals surface area contributed by atoms with Crippen LogP contribution in [0, 0.1) is 0 Å². The number of nitrogens with zero attached hydrogens (tertiary/aromatic N) is 2. The number of primary amides is 1. The molecule has 1 amide bonds. The van der Waals surface area contributed by atoms with Crippen LogP contribution in [0.1, 0.15) is 16.1 Å². The summed E-state index contributed by atoms with van der Waals surface area (Å²) in [6, 6.07) is 5.97. The molecule has 0 atom stereocenters. The van der Waals surface area contributed by atoms with Gasteiger partial charge in [-0.15, -0.1) is 11.3 Å². The quantitative estimate of drug-likeness (QED) is 0.791. The van der Waals surface area contributed by atoms with Gasteiger partial charge in [-0.05, 0) is 18.2 Å². The van der Waals surface area contributed by atoms with Crippen LogP contribution in [0.25, 0.3) is 4.96 Å². The fourth-order valence-corrected chi connectivity index (χ4v) is 2.84. The van der Waals surface area contributed by atoms with Crippen molar-refractivity contribution in [1.29, 1.82) is 0 Å². The number of halogens is 1. The van der Waals surface area contributed by atoms with Gasteiger partial charge in [0, 0.05) is 22.7 Å². The van der Waals surface area contributed by atoms with Crippen LogP contribution in [-0.4, -0.2) is 15.3 Å². The third-order valence-electron chi connectivity index (χ3n) is 2.94. The van der Waals surface area contributed by atoms with Gasteiger partial charge in [0.15, 0.2) is 4.96 Å². The van der Waals surface area contributed by atoms with Crippen molar-refractivity contribution in [1.82, 2.24) is 9.38 Å². The van der Waals surface area contributed by atoms with Crippen LogP contribution >= 0.6 is 22.9 Å². The van der Waals surface area contributed by atoms with Gasteiger partial charge in [-0.3, -0.25) is 14.0 Å². The highest BCUT2D eigenvalue weighted by atomic mass is 35.5. The molecule has 1 aromatic carbocycles. The summed E-state index contributed by atoms with van der Waals surface area (Å²) in [6.07, 6.45) is 1.66. The minimum atomic E-state index is -0.640. The summed E-state index contributed by atoms with van der Waals surface area (Å²) in [5.74, 6) is -0.343. The van der Waals surface area contributed by atoms with Gasteiger partial charge in [-0.2, -0.15) is 0 Å². The number of fused-ring (bicyclic) bond motifs is 1. The smallest absolute Gasteiger partial charge is 0.258 e. The first-order valence-electron chi connectivity index (χ1n) is 6.22. The first kappa shape index (κ1) is 14.6. The van der Waals surface area contributed by atoms with E-state index in [-0.39, 0.29) is 17.7 Å². The SMILES string of the molecule is NC(=O)c1cc(Cl)ccc1OCc1cc(=O)n2ccsc2n1. The van der Waals surface area contributed by atoms with Gasteiger partial charge < -0.3 is 10.5 Å². The molecule has 3 aromatic rings. The molecule has 0 aliphatic heterocycles. The van der Waals surface area contributed by atoms with Gasteiger partial charge >= 0.3 is 0 Å². The van der Waals surface area contributed by atoms with E-state index in [0.717, 1.165) is 0 Å². The lowest BCUT2D eigenvalue weighted by molar-refractivity contribution is 0.0996. The Morgan fingerprint density at radius 2 is 2.23 bits per heavy atom. The first-order valence-corrected chi connectivity index (χ1v) is 7.48. The molecule has 0 radical (unpaired) electrons. The molecule has 3 rings (SSSR count). The molecule has 0 fully saturated rings. The van der Waals surface area contributed by atoms with E-state index >= 15 is 0 Å². The molecule has 0 aliphatic rings. The number of carbonyl (C=O) groups excluding carboxylic acids is 1. The fraction of sp³-hybridized carbons (Fsp3) is 0.0714. The number of aromatic nitrogens is 2. The Morgan fingerprint density at radius 3 is 3.00 bits per heavy atom. The maximum absolute atomic E-state index is 11.9. The molecule has 0 bridgehead atoms. The molecule has 112 valence electrons. The molecular weight excluding hydrogens is 326 g/mol. The number of carbonyl (C=O) groups is 1. The van der Waals surface area contributed by atoms with Crippen molar-refractivity contribution in [2.75, 3.05) is 0 Å². The van der Waals surface area contributed by atoms with E-state index in [1.807, 2.05) is 0 Å². The number of rotatable bonds is 4. The van der Waals surface area contributed by atoms with Gasteiger partial charge in [-0.1, -0.05) is 11.6 Å². The van der Waals surface area contributed by atoms with E-state index in [9.17, 15) is 9.59 Å². The van der Waals surface area contributed by atoms with Crippen molar-refractivity contribution >= 4 is 33.8 Å². The number of hydrogen-bond acceptors (Lipinski definition) is 5.